The molecule has 0 saturated carbocycles. The second kappa shape index (κ2) is 4.58. The second-order valence-corrected chi connectivity index (χ2v) is 6.84. The summed E-state index contributed by atoms with van der Waals surface area (Å²) in [5.74, 6) is 0. The molecule has 0 aliphatic heterocycles. The van der Waals surface area contributed by atoms with Gasteiger partial charge < -0.3 is 5.11 Å². The van der Waals surface area contributed by atoms with Gasteiger partial charge in [-0.15, -0.1) is 0 Å². The van der Waals surface area contributed by atoms with Gasteiger partial charge in [0.15, 0.2) is 0 Å². The van der Waals surface area contributed by atoms with Crippen molar-refractivity contribution in [3.63, 3.8) is 0 Å². The van der Waals surface area contributed by atoms with E-state index in [0.717, 1.165) is 0 Å². The van der Waals surface area contributed by atoms with Crippen molar-refractivity contribution in [3.8, 4) is 0 Å². The summed E-state index contributed by atoms with van der Waals surface area (Å²) in [5.41, 5.74) is 1.49. The van der Waals surface area contributed by atoms with Gasteiger partial charge in [0, 0.05) is 0 Å². The van der Waals surface area contributed by atoms with E-state index in [4.69, 9.17) is 0 Å². The third kappa shape index (κ3) is 3.90. The van der Waals surface area contributed by atoms with Crippen LogP contribution in [-0.2, 0) is 0 Å². The summed E-state index contributed by atoms with van der Waals surface area (Å²) >= 11 is 0. The van der Waals surface area contributed by atoms with Crippen molar-refractivity contribution in [2.75, 3.05) is 0 Å². The van der Waals surface area contributed by atoms with Crippen LogP contribution in [0.1, 0.15) is 13.8 Å². The smallest absolute Gasteiger partial charge is 0.0907 e. The highest BCUT2D eigenvalue weighted by Crippen LogP contribution is 2.03. The maximum atomic E-state index is 9.55. The summed E-state index contributed by atoms with van der Waals surface area (Å²) in [5, 5.41) is 11.0. The standard InChI is InChI=1S/C12H18OSi/c1-12(2,13)9-10-14(3)11-7-5-4-6-8-11/h4-10,13-14H,1-3H3. The minimum Gasteiger partial charge on any atom is -0.386 e. The summed E-state index contributed by atoms with van der Waals surface area (Å²) in [4.78, 5) is 0. The molecule has 0 aliphatic rings. The van der Waals surface area contributed by atoms with E-state index < -0.39 is 14.4 Å². The van der Waals surface area contributed by atoms with E-state index in [0.29, 0.717) is 0 Å². The number of hydrogen-bond donors (Lipinski definition) is 1. The molecule has 14 heavy (non-hydrogen) atoms. The molecule has 0 saturated heterocycles. The third-order valence-electron chi connectivity index (χ3n) is 2.12. The Morgan fingerprint density at radius 3 is 2.29 bits per heavy atom. The number of aliphatic hydroxyl groups is 1. The van der Waals surface area contributed by atoms with Crippen LogP contribution in [0.15, 0.2) is 42.1 Å². The van der Waals surface area contributed by atoms with Crippen molar-refractivity contribution in [1.29, 1.82) is 0 Å². The van der Waals surface area contributed by atoms with Crippen molar-refractivity contribution in [2.24, 2.45) is 0 Å². The molecule has 1 atom stereocenters. The molecule has 0 heterocycles. The fourth-order valence-electron chi connectivity index (χ4n) is 1.25. The van der Waals surface area contributed by atoms with Crippen molar-refractivity contribution in [2.45, 2.75) is 26.0 Å². The van der Waals surface area contributed by atoms with Gasteiger partial charge in [-0.25, -0.2) is 0 Å². The molecule has 0 spiro atoms. The molecule has 1 rings (SSSR count). The van der Waals surface area contributed by atoms with Crippen LogP contribution in [0.2, 0.25) is 6.55 Å². The van der Waals surface area contributed by atoms with Crippen LogP contribution in [0.5, 0.6) is 0 Å². The van der Waals surface area contributed by atoms with Gasteiger partial charge in [-0.05, 0) is 13.8 Å². The Bertz CT molecular complexity index is 298. The largest absolute Gasteiger partial charge is 0.386 e. The SMILES string of the molecule is C[SiH](C=CC(C)(C)O)c1ccccc1. The maximum Gasteiger partial charge on any atom is 0.0907 e. The average molecular weight is 206 g/mol. The van der Waals surface area contributed by atoms with Gasteiger partial charge in [-0.1, -0.05) is 53.8 Å². The molecule has 1 nitrogen and oxygen atoms in total. The third-order valence-corrected chi connectivity index (χ3v) is 4.32. The summed E-state index contributed by atoms with van der Waals surface area (Å²) < 4.78 is 0. The lowest BCUT2D eigenvalue weighted by Gasteiger charge is -2.12. The Morgan fingerprint density at radius 2 is 1.79 bits per heavy atom. The molecule has 0 aromatic heterocycles. The first-order chi connectivity index (χ1) is 6.49. The monoisotopic (exact) mass is 206 g/mol. The van der Waals surface area contributed by atoms with E-state index in [1.165, 1.54) is 5.19 Å². The van der Waals surface area contributed by atoms with Crippen LogP contribution in [-0.4, -0.2) is 19.5 Å². The lowest BCUT2D eigenvalue weighted by Crippen LogP contribution is -2.25. The van der Waals surface area contributed by atoms with Crippen LogP contribution in [0.25, 0.3) is 0 Å². The quantitative estimate of drug-likeness (QED) is 0.745. The molecule has 1 aromatic rings. The van der Waals surface area contributed by atoms with Gasteiger partial charge in [0.05, 0.1) is 14.4 Å². The Balaban J connectivity index is 2.69. The summed E-state index contributed by atoms with van der Waals surface area (Å²) in [7, 11) is -1.00. The highest BCUT2D eigenvalue weighted by molar-refractivity contribution is 6.76. The first kappa shape index (κ1) is 11.2. The summed E-state index contributed by atoms with van der Waals surface area (Å²) in [6.07, 6.45) is 1.90. The average Bonchev–Trinajstić information content (AvgIpc) is 2.14. The lowest BCUT2D eigenvalue weighted by molar-refractivity contribution is 0.133. The molecule has 0 bridgehead atoms. The molecule has 76 valence electrons. The Hall–Kier alpha value is -0.863. The van der Waals surface area contributed by atoms with Crippen LogP contribution < -0.4 is 5.19 Å². The summed E-state index contributed by atoms with van der Waals surface area (Å²) in [6, 6.07) is 10.5. The zero-order chi connectivity index (χ0) is 10.6. The second-order valence-electron chi connectivity index (χ2n) is 4.21. The lowest BCUT2D eigenvalue weighted by atomic mass is 10.1. The zero-order valence-electron chi connectivity index (χ0n) is 9.07. The predicted octanol–water partition coefficient (Wildman–Crippen LogP) is 1.62. The van der Waals surface area contributed by atoms with Gasteiger partial charge in [-0.2, -0.15) is 0 Å². The topological polar surface area (TPSA) is 20.2 Å². The number of hydrogen-bond acceptors (Lipinski definition) is 1. The van der Waals surface area contributed by atoms with Crippen molar-refractivity contribution >= 4 is 14.0 Å². The van der Waals surface area contributed by atoms with Gasteiger partial charge in [-0.3, -0.25) is 0 Å². The van der Waals surface area contributed by atoms with E-state index in [1.54, 1.807) is 13.8 Å². The minimum atomic E-state index is -1.00. The predicted molar refractivity (Wildman–Crippen MR) is 64.5 cm³/mol. The van der Waals surface area contributed by atoms with Crippen molar-refractivity contribution in [1.82, 2.24) is 0 Å². The van der Waals surface area contributed by atoms with Gasteiger partial charge in [0.2, 0.25) is 0 Å². The number of rotatable bonds is 3. The molecule has 0 radical (unpaired) electrons. The fraction of sp³-hybridized carbons (Fsp3) is 0.333. The van der Waals surface area contributed by atoms with Gasteiger partial charge in [0.25, 0.3) is 0 Å². The van der Waals surface area contributed by atoms with E-state index in [-0.39, 0.29) is 0 Å². The van der Waals surface area contributed by atoms with Crippen LogP contribution in [0.3, 0.4) is 0 Å². The van der Waals surface area contributed by atoms with E-state index in [2.05, 4.69) is 36.5 Å². The van der Waals surface area contributed by atoms with Crippen LogP contribution in [0.4, 0.5) is 0 Å². The van der Waals surface area contributed by atoms with Crippen molar-refractivity contribution in [3.05, 3.63) is 42.1 Å². The van der Waals surface area contributed by atoms with Crippen LogP contribution >= 0.6 is 0 Å². The maximum absolute atomic E-state index is 9.55. The molecular weight excluding hydrogens is 188 g/mol. The van der Waals surface area contributed by atoms with Crippen molar-refractivity contribution < 1.29 is 5.11 Å². The van der Waals surface area contributed by atoms with Gasteiger partial charge in [0.1, 0.15) is 0 Å². The molecule has 2 heteroatoms. The van der Waals surface area contributed by atoms with Crippen LogP contribution in [0, 0.1) is 0 Å². The molecule has 1 aromatic carbocycles. The van der Waals surface area contributed by atoms with E-state index >= 15 is 0 Å². The molecular formula is C12H18OSi. The van der Waals surface area contributed by atoms with E-state index in [1.807, 2.05) is 12.1 Å². The molecule has 0 fully saturated rings. The highest BCUT2D eigenvalue weighted by Gasteiger charge is 2.08. The van der Waals surface area contributed by atoms with E-state index in [9.17, 15) is 5.11 Å². The first-order valence-electron chi connectivity index (χ1n) is 4.96. The zero-order valence-corrected chi connectivity index (χ0v) is 10.2. The Labute approximate surface area is 87.7 Å². The summed E-state index contributed by atoms with van der Waals surface area (Å²) in [6.45, 7) is 5.86. The number of benzene rings is 1. The Morgan fingerprint density at radius 1 is 1.21 bits per heavy atom. The molecule has 1 N–H and O–H groups in total. The van der Waals surface area contributed by atoms with Gasteiger partial charge >= 0.3 is 0 Å². The first-order valence-corrected chi connectivity index (χ1v) is 7.35. The fourth-order valence-corrected chi connectivity index (χ4v) is 3.06. The molecule has 0 amide bonds. The molecule has 1 unspecified atom stereocenters. The molecule has 0 aliphatic carbocycles. The normalized spacial score (nSPS) is 14.6. The Kier molecular flexibility index (Phi) is 3.67. The highest BCUT2D eigenvalue weighted by atomic mass is 28.3. The minimum absolute atomic E-state index is 0.684.